The topological polar surface area (TPSA) is 49.4 Å². The Balaban J connectivity index is 1.76. The van der Waals surface area contributed by atoms with Crippen molar-refractivity contribution in [2.45, 2.75) is 25.2 Å². The number of nitrogens with zero attached hydrogens (tertiary/aromatic N) is 1. The summed E-state index contributed by atoms with van der Waals surface area (Å²) in [5.74, 6) is 0.239. The molecule has 0 aliphatic heterocycles. The monoisotopic (exact) mass is 420 g/mol. The lowest BCUT2D eigenvalue weighted by molar-refractivity contribution is 0.607. The van der Waals surface area contributed by atoms with Crippen LogP contribution in [0.2, 0.25) is 0 Å². The smallest absolute Gasteiger partial charge is 0.229 e. The van der Waals surface area contributed by atoms with E-state index in [-0.39, 0.29) is 5.92 Å². The van der Waals surface area contributed by atoms with Crippen LogP contribution in [-0.2, 0) is 29.3 Å². The maximum Gasteiger partial charge on any atom is 0.229 e. The molecule has 4 rings (SSSR count). The summed E-state index contributed by atoms with van der Waals surface area (Å²) >= 11 is 0. The number of rotatable bonds is 5. The SMILES string of the molecule is CN(C)c1ccc2c(c1)CCc1ccccc1[C@H]2Cc1cccc(NS(C)(=O)=O)c1. The van der Waals surface area contributed by atoms with Crippen molar-refractivity contribution in [3.05, 3.63) is 94.5 Å². The van der Waals surface area contributed by atoms with E-state index >= 15 is 0 Å². The normalized spacial score (nSPS) is 15.6. The average Bonchev–Trinajstić information content (AvgIpc) is 2.84. The second kappa shape index (κ2) is 8.15. The zero-order valence-electron chi connectivity index (χ0n) is 17.7. The van der Waals surface area contributed by atoms with Gasteiger partial charge in [-0.1, -0.05) is 42.5 Å². The van der Waals surface area contributed by atoms with Crippen LogP contribution in [0.15, 0.2) is 66.7 Å². The van der Waals surface area contributed by atoms with Gasteiger partial charge in [-0.05, 0) is 71.3 Å². The van der Waals surface area contributed by atoms with Crippen LogP contribution in [0.3, 0.4) is 0 Å². The van der Waals surface area contributed by atoms with E-state index in [4.69, 9.17) is 0 Å². The third-order valence-corrected chi connectivity index (χ3v) is 6.39. The van der Waals surface area contributed by atoms with Crippen molar-refractivity contribution in [3.8, 4) is 0 Å². The van der Waals surface area contributed by atoms with Gasteiger partial charge in [-0.15, -0.1) is 0 Å². The first-order valence-electron chi connectivity index (χ1n) is 10.2. The summed E-state index contributed by atoms with van der Waals surface area (Å²) in [5, 5.41) is 0. The lowest BCUT2D eigenvalue weighted by atomic mass is 9.83. The summed E-state index contributed by atoms with van der Waals surface area (Å²) in [6.07, 6.45) is 4.07. The quantitative estimate of drug-likeness (QED) is 0.656. The third-order valence-electron chi connectivity index (χ3n) is 5.78. The Kier molecular flexibility index (Phi) is 5.56. The van der Waals surface area contributed by atoms with E-state index in [9.17, 15) is 8.42 Å². The van der Waals surface area contributed by atoms with Crippen LogP contribution in [-0.4, -0.2) is 28.8 Å². The number of anilines is 2. The van der Waals surface area contributed by atoms with E-state index in [0.717, 1.165) is 24.8 Å². The van der Waals surface area contributed by atoms with Gasteiger partial charge >= 0.3 is 0 Å². The van der Waals surface area contributed by atoms with Gasteiger partial charge in [-0.25, -0.2) is 8.42 Å². The molecule has 3 aromatic carbocycles. The Hall–Kier alpha value is -2.79. The second-order valence-corrected chi connectivity index (χ2v) is 10.1. The first kappa shape index (κ1) is 20.5. The number of hydrogen-bond acceptors (Lipinski definition) is 3. The lowest BCUT2D eigenvalue weighted by Crippen LogP contribution is -2.12. The number of nitrogens with one attached hydrogen (secondary N) is 1. The van der Waals surface area contributed by atoms with Crippen LogP contribution < -0.4 is 9.62 Å². The van der Waals surface area contributed by atoms with Gasteiger partial charge in [0.05, 0.1) is 6.26 Å². The molecule has 0 saturated carbocycles. The number of aryl methyl sites for hydroxylation is 2. The summed E-state index contributed by atoms with van der Waals surface area (Å²) in [5.41, 5.74) is 8.48. The molecule has 0 saturated heterocycles. The molecule has 156 valence electrons. The summed E-state index contributed by atoms with van der Waals surface area (Å²) in [6.45, 7) is 0. The molecule has 3 aromatic rings. The van der Waals surface area contributed by atoms with Gasteiger partial charge in [0.2, 0.25) is 10.0 Å². The van der Waals surface area contributed by atoms with E-state index in [1.54, 1.807) is 6.07 Å². The van der Waals surface area contributed by atoms with Crippen molar-refractivity contribution in [2.75, 3.05) is 30.0 Å². The van der Waals surface area contributed by atoms with Gasteiger partial charge in [0.1, 0.15) is 0 Å². The van der Waals surface area contributed by atoms with Crippen molar-refractivity contribution >= 4 is 21.4 Å². The molecule has 1 aliphatic carbocycles. The largest absolute Gasteiger partial charge is 0.378 e. The first-order valence-corrected chi connectivity index (χ1v) is 12.1. The first-order chi connectivity index (χ1) is 14.3. The molecule has 0 bridgehead atoms. The van der Waals surface area contributed by atoms with E-state index in [0.29, 0.717) is 5.69 Å². The average molecular weight is 421 g/mol. The number of hydrogen-bond donors (Lipinski definition) is 1. The fraction of sp³-hybridized carbons (Fsp3) is 0.280. The van der Waals surface area contributed by atoms with Crippen LogP contribution in [0.25, 0.3) is 0 Å². The molecule has 0 radical (unpaired) electrons. The molecule has 0 amide bonds. The van der Waals surface area contributed by atoms with Crippen LogP contribution in [0.1, 0.15) is 33.7 Å². The molecule has 1 aliphatic rings. The number of benzene rings is 3. The highest BCUT2D eigenvalue weighted by Gasteiger charge is 2.24. The Morgan fingerprint density at radius 3 is 2.40 bits per heavy atom. The molecule has 5 heteroatoms. The maximum atomic E-state index is 11.6. The maximum absolute atomic E-state index is 11.6. The van der Waals surface area contributed by atoms with Crippen LogP contribution in [0, 0.1) is 0 Å². The van der Waals surface area contributed by atoms with Gasteiger partial charge in [0, 0.05) is 31.4 Å². The zero-order valence-corrected chi connectivity index (χ0v) is 18.5. The zero-order chi connectivity index (χ0) is 21.3. The molecule has 0 fully saturated rings. The molecule has 30 heavy (non-hydrogen) atoms. The molecule has 1 atom stereocenters. The summed E-state index contributed by atoms with van der Waals surface area (Å²) < 4.78 is 25.9. The van der Waals surface area contributed by atoms with Gasteiger partial charge in [-0.2, -0.15) is 0 Å². The van der Waals surface area contributed by atoms with Crippen molar-refractivity contribution in [1.82, 2.24) is 0 Å². The van der Waals surface area contributed by atoms with E-state index in [2.05, 4.69) is 72.2 Å². The highest BCUT2D eigenvalue weighted by molar-refractivity contribution is 7.92. The lowest BCUT2D eigenvalue weighted by Gasteiger charge is -2.22. The summed E-state index contributed by atoms with van der Waals surface area (Å²) in [6, 6.07) is 23.2. The summed E-state index contributed by atoms with van der Waals surface area (Å²) in [7, 11) is 0.851. The molecule has 0 spiro atoms. The molecule has 0 aromatic heterocycles. The predicted octanol–water partition coefficient (Wildman–Crippen LogP) is 4.60. The fourth-order valence-corrected chi connectivity index (χ4v) is 4.95. The highest BCUT2D eigenvalue weighted by Crippen LogP contribution is 2.38. The number of fused-ring (bicyclic) bond motifs is 2. The standard InChI is InChI=1S/C25H28N2O2S/c1-27(2)22-13-14-24-20(17-22)12-11-19-8-4-5-10-23(19)25(24)16-18-7-6-9-21(15-18)26-30(3,28)29/h4-10,13-15,17,25-26H,11-12,16H2,1-3H3/t25-/m1/s1. The Morgan fingerprint density at radius 2 is 1.63 bits per heavy atom. The van der Waals surface area contributed by atoms with Gasteiger partial charge in [0.25, 0.3) is 0 Å². The summed E-state index contributed by atoms with van der Waals surface area (Å²) in [4.78, 5) is 2.15. The van der Waals surface area contributed by atoms with Crippen LogP contribution in [0.4, 0.5) is 11.4 Å². The second-order valence-electron chi connectivity index (χ2n) is 8.31. The minimum Gasteiger partial charge on any atom is -0.378 e. The minimum atomic E-state index is -3.30. The fourth-order valence-electron chi connectivity index (χ4n) is 4.40. The van der Waals surface area contributed by atoms with Crippen LogP contribution in [0.5, 0.6) is 0 Å². The molecule has 1 N–H and O–H groups in total. The molecule has 0 heterocycles. The van der Waals surface area contributed by atoms with E-state index < -0.39 is 10.0 Å². The van der Waals surface area contributed by atoms with Gasteiger partial charge < -0.3 is 4.90 Å². The molecule has 0 unspecified atom stereocenters. The van der Waals surface area contributed by atoms with Crippen LogP contribution >= 0.6 is 0 Å². The minimum absolute atomic E-state index is 0.239. The van der Waals surface area contributed by atoms with Crippen molar-refractivity contribution in [1.29, 1.82) is 0 Å². The Labute approximate surface area is 179 Å². The molecular formula is C25H28N2O2S. The van der Waals surface area contributed by atoms with E-state index in [1.165, 1.54) is 34.2 Å². The van der Waals surface area contributed by atoms with E-state index in [1.807, 2.05) is 12.1 Å². The Bertz CT molecular complexity index is 1170. The van der Waals surface area contributed by atoms with Gasteiger partial charge in [0.15, 0.2) is 0 Å². The Morgan fingerprint density at radius 1 is 0.900 bits per heavy atom. The number of sulfonamides is 1. The van der Waals surface area contributed by atoms with Crippen molar-refractivity contribution in [2.24, 2.45) is 0 Å². The van der Waals surface area contributed by atoms with Crippen molar-refractivity contribution < 1.29 is 8.42 Å². The van der Waals surface area contributed by atoms with Gasteiger partial charge in [-0.3, -0.25) is 4.72 Å². The third kappa shape index (κ3) is 4.51. The molecular weight excluding hydrogens is 392 g/mol. The molecule has 4 nitrogen and oxygen atoms in total. The predicted molar refractivity (Wildman–Crippen MR) is 125 cm³/mol. The van der Waals surface area contributed by atoms with Crippen molar-refractivity contribution in [3.63, 3.8) is 0 Å². The highest BCUT2D eigenvalue weighted by atomic mass is 32.2.